The van der Waals surface area contributed by atoms with Gasteiger partial charge < -0.3 is 5.11 Å². The van der Waals surface area contributed by atoms with Gasteiger partial charge in [0.2, 0.25) is 0 Å². The first-order chi connectivity index (χ1) is 7.77. The third kappa shape index (κ3) is 19.5. The van der Waals surface area contributed by atoms with Gasteiger partial charge >= 0.3 is 5.97 Å². The van der Waals surface area contributed by atoms with Crippen LogP contribution >= 0.6 is 0 Å². The molecule has 0 heterocycles. The Kier molecular flexibility index (Phi) is 20.2. The van der Waals surface area contributed by atoms with Crippen molar-refractivity contribution in [3.8, 4) is 0 Å². The molecule has 0 aromatic heterocycles. The zero-order valence-corrected chi connectivity index (χ0v) is 15.0. The molecule has 0 aliphatic rings. The number of unbranched alkanes of at least 4 members (excludes halogenated alkanes) is 10. The molecule has 98 valence electrons. The van der Waals surface area contributed by atoms with Gasteiger partial charge in [0, 0.05) is 51.9 Å². The van der Waals surface area contributed by atoms with E-state index in [1.807, 2.05) is 0 Å². The van der Waals surface area contributed by atoms with Gasteiger partial charge in [-0.2, -0.15) is 0 Å². The second kappa shape index (κ2) is 17.0. The van der Waals surface area contributed by atoms with Crippen molar-refractivity contribution in [2.45, 2.75) is 84.0 Å². The van der Waals surface area contributed by atoms with Crippen molar-refractivity contribution in [2.75, 3.05) is 0 Å². The first kappa shape index (κ1) is 20.3. The summed E-state index contributed by atoms with van der Waals surface area (Å²) < 4.78 is 0. The summed E-state index contributed by atoms with van der Waals surface area (Å²) in [6.45, 7) is 2.25. The fourth-order valence-corrected chi connectivity index (χ4v) is 1.94. The van der Waals surface area contributed by atoms with Crippen LogP contribution in [0.25, 0.3) is 0 Å². The van der Waals surface area contributed by atoms with Crippen molar-refractivity contribution in [3.63, 3.8) is 0 Å². The molecular weight excluding hydrogens is 288 g/mol. The van der Waals surface area contributed by atoms with Crippen LogP contribution in [-0.4, -0.2) is 56.6 Å². The van der Waals surface area contributed by atoms with Crippen LogP contribution in [0.3, 0.4) is 0 Å². The number of hydrogen-bond acceptors (Lipinski definition) is 1. The van der Waals surface area contributed by atoms with E-state index in [2.05, 4.69) is 6.92 Å². The molecule has 0 bridgehead atoms. The Morgan fingerprint density at radius 2 is 1.12 bits per heavy atom. The van der Waals surface area contributed by atoms with Gasteiger partial charge in [0.1, 0.15) is 0 Å². The van der Waals surface area contributed by atoms with Crippen LogP contribution in [0.1, 0.15) is 84.0 Å². The molecule has 2 nitrogen and oxygen atoms in total. The summed E-state index contributed by atoms with van der Waals surface area (Å²) in [4.78, 5) is 10.3. The molecular formula is C14H28O2Sr. The molecule has 0 unspecified atom stereocenters. The Bertz CT molecular complexity index is 160. The number of carboxylic acid groups (broad SMARTS) is 1. The Balaban J connectivity index is 0. The molecule has 2 radical (unpaired) electrons. The minimum absolute atomic E-state index is 0. The maximum Gasteiger partial charge on any atom is 0.303 e. The monoisotopic (exact) mass is 316 g/mol. The normalized spacial score (nSPS) is 9.94. The van der Waals surface area contributed by atoms with E-state index >= 15 is 0 Å². The quantitative estimate of drug-likeness (QED) is 0.428. The van der Waals surface area contributed by atoms with Gasteiger partial charge in [-0.05, 0) is 6.42 Å². The third-order valence-electron chi connectivity index (χ3n) is 2.99. The van der Waals surface area contributed by atoms with Gasteiger partial charge in [-0.25, -0.2) is 0 Å². The van der Waals surface area contributed by atoms with Gasteiger partial charge in [-0.1, -0.05) is 71.1 Å². The first-order valence-electron chi connectivity index (χ1n) is 6.99. The SMILES string of the molecule is CCCCCCCCCCCCCC(=O)O.[Sr]. The fourth-order valence-electron chi connectivity index (χ4n) is 1.94. The van der Waals surface area contributed by atoms with E-state index in [4.69, 9.17) is 5.11 Å². The van der Waals surface area contributed by atoms with Crippen molar-refractivity contribution in [1.29, 1.82) is 0 Å². The van der Waals surface area contributed by atoms with Crippen LogP contribution in [0.5, 0.6) is 0 Å². The zero-order valence-electron chi connectivity index (χ0n) is 11.5. The summed E-state index contributed by atoms with van der Waals surface area (Å²) in [5, 5.41) is 8.46. The van der Waals surface area contributed by atoms with Crippen LogP contribution in [0.4, 0.5) is 0 Å². The van der Waals surface area contributed by atoms with Crippen LogP contribution in [0.2, 0.25) is 0 Å². The van der Waals surface area contributed by atoms with Crippen LogP contribution in [0, 0.1) is 0 Å². The minimum atomic E-state index is -0.657. The molecule has 0 spiro atoms. The minimum Gasteiger partial charge on any atom is -0.481 e. The van der Waals surface area contributed by atoms with Gasteiger partial charge in [0.05, 0.1) is 0 Å². The predicted octanol–water partition coefficient (Wildman–Crippen LogP) is 4.39. The van der Waals surface area contributed by atoms with Crippen LogP contribution in [0.15, 0.2) is 0 Å². The molecule has 3 heteroatoms. The maximum absolute atomic E-state index is 10.3. The molecule has 0 saturated heterocycles. The van der Waals surface area contributed by atoms with Crippen LogP contribution < -0.4 is 0 Å². The van der Waals surface area contributed by atoms with Gasteiger partial charge in [0.15, 0.2) is 0 Å². The maximum atomic E-state index is 10.3. The standard InChI is InChI=1S/C14H28O2.Sr/c1-2-3-4-5-6-7-8-9-10-11-12-13-14(15)16;/h2-13H2,1H3,(H,15,16);. The first-order valence-corrected chi connectivity index (χ1v) is 6.99. The number of carbonyl (C=O) groups is 1. The number of rotatable bonds is 12. The fraction of sp³-hybridized carbons (Fsp3) is 0.929. The summed E-state index contributed by atoms with van der Waals surface area (Å²) in [6.07, 6.45) is 14.4. The van der Waals surface area contributed by atoms with Crippen molar-refractivity contribution >= 4 is 51.5 Å². The number of hydrogen-bond donors (Lipinski definition) is 1. The van der Waals surface area contributed by atoms with Gasteiger partial charge in [-0.3, -0.25) is 4.79 Å². The van der Waals surface area contributed by atoms with Crippen molar-refractivity contribution in [2.24, 2.45) is 0 Å². The number of carboxylic acids is 1. The smallest absolute Gasteiger partial charge is 0.303 e. The Morgan fingerprint density at radius 3 is 1.47 bits per heavy atom. The second-order valence-electron chi connectivity index (χ2n) is 4.68. The molecule has 0 saturated carbocycles. The van der Waals surface area contributed by atoms with Crippen LogP contribution in [-0.2, 0) is 4.79 Å². The summed E-state index contributed by atoms with van der Waals surface area (Å²) in [5.41, 5.74) is 0. The Morgan fingerprint density at radius 1 is 0.765 bits per heavy atom. The average molecular weight is 316 g/mol. The summed E-state index contributed by atoms with van der Waals surface area (Å²) in [5.74, 6) is -0.657. The van der Waals surface area contributed by atoms with Crippen molar-refractivity contribution in [3.05, 3.63) is 0 Å². The van der Waals surface area contributed by atoms with Crippen molar-refractivity contribution in [1.82, 2.24) is 0 Å². The van der Waals surface area contributed by atoms with Gasteiger partial charge in [-0.15, -0.1) is 0 Å². The molecule has 0 rings (SSSR count). The van der Waals surface area contributed by atoms with E-state index in [1.165, 1.54) is 57.8 Å². The molecule has 0 amide bonds. The number of aliphatic carboxylic acids is 1. The van der Waals surface area contributed by atoms with E-state index in [-0.39, 0.29) is 45.5 Å². The molecule has 17 heavy (non-hydrogen) atoms. The average Bonchev–Trinajstić information content (AvgIpc) is 2.25. The third-order valence-corrected chi connectivity index (χ3v) is 2.99. The molecule has 0 atom stereocenters. The van der Waals surface area contributed by atoms with E-state index in [0.717, 1.165) is 12.8 Å². The van der Waals surface area contributed by atoms with Crippen molar-refractivity contribution < 1.29 is 9.90 Å². The molecule has 0 aliphatic carbocycles. The Labute approximate surface area is 144 Å². The van der Waals surface area contributed by atoms with Gasteiger partial charge in [0.25, 0.3) is 0 Å². The van der Waals surface area contributed by atoms with E-state index < -0.39 is 5.97 Å². The zero-order chi connectivity index (χ0) is 12.1. The second-order valence-corrected chi connectivity index (χ2v) is 4.68. The summed E-state index contributed by atoms with van der Waals surface area (Å²) in [6, 6.07) is 0. The topological polar surface area (TPSA) is 37.3 Å². The van der Waals surface area contributed by atoms with E-state index in [1.54, 1.807) is 0 Å². The molecule has 1 N–H and O–H groups in total. The Hall–Kier alpha value is 0.951. The molecule has 0 aromatic rings. The largest absolute Gasteiger partial charge is 0.481 e. The van der Waals surface area contributed by atoms with E-state index in [0.29, 0.717) is 6.42 Å². The molecule has 0 aromatic carbocycles. The van der Waals surface area contributed by atoms with E-state index in [9.17, 15) is 4.79 Å². The predicted molar refractivity (Wildman–Crippen MR) is 74.5 cm³/mol. The molecule has 0 fully saturated rings. The summed E-state index contributed by atoms with van der Waals surface area (Å²) >= 11 is 0. The summed E-state index contributed by atoms with van der Waals surface area (Å²) in [7, 11) is 0. The molecule has 0 aliphatic heterocycles.